The van der Waals surface area contributed by atoms with Crippen LogP contribution in [0.1, 0.15) is 5.69 Å². The van der Waals surface area contributed by atoms with E-state index in [0.717, 1.165) is 17.0 Å². The van der Waals surface area contributed by atoms with Crippen LogP contribution in [0, 0.1) is 6.92 Å². The SMILES string of the molecule is Cc1ncn2c(Nc3ccn[nH]3)nccc12. The minimum absolute atomic E-state index is 0.711. The number of H-pyrrole nitrogens is 1. The first-order chi connectivity index (χ1) is 7.84. The van der Waals surface area contributed by atoms with E-state index >= 15 is 0 Å². The molecule has 16 heavy (non-hydrogen) atoms. The molecule has 0 amide bonds. The second kappa shape index (κ2) is 3.34. The number of aromatic amines is 1. The Bertz CT molecular complexity index is 609. The molecule has 3 aromatic rings. The molecule has 0 atom stereocenters. The molecule has 0 saturated heterocycles. The summed E-state index contributed by atoms with van der Waals surface area (Å²) >= 11 is 0. The van der Waals surface area contributed by atoms with Gasteiger partial charge in [-0.3, -0.25) is 9.50 Å². The highest BCUT2D eigenvalue weighted by Gasteiger charge is 2.05. The van der Waals surface area contributed by atoms with Crippen LogP contribution in [-0.4, -0.2) is 24.6 Å². The van der Waals surface area contributed by atoms with Crippen LogP contribution in [0.25, 0.3) is 5.52 Å². The van der Waals surface area contributed by atoms with Gasteiger partial charge in [0.25, 0.3) is 0 Å². The fraction of sp³-hybridized carbons (Fsp3) is 0.100. The van der Waals surface area contributed by atoms with Gasteiger partial charge in [-0.2, -0.15) is 5.10 Å². The van der Waals surface area contributed by atoms with Gasteiger partial charge in [-0.15, -0.1) is 0 Å². The van der Waals surface area contributed by atoms with Crippen LogP contribution in [0.15, 0.2) is 30.9 Å². The third kappa shape index (κ3) is 1.31. The van der Waals surface area contributed by atoms with Gasteiger partial charge in [0.15, 0.2) is 0 Å². The van der Waals surface area contributed by atoms with E-state index in [9.17, 15) is 0 Å². The van der Waals surface area contributed by atoms with E-state index in [1.165, 1.54) is 0 Å². The Morgan fingerprint density at radius 2 is 2.19 bits per heavy atom. The number of rotatable bonds is 2. The highest BCUT2D eigenvalue weighted by Crippen LogP contribution is 2.15. The molecule has 0 aromatic carbocycles. The summed E-state index contributed by atoms with van der Waals surface area (Å²) in [4.78, 5) is 8.50. The van der Waals surface area contributed by atoms with E-state index in [-0.39, 0.29) is 0 Å². The number of anilines is 2. The average molecular weight is 214 g/mol. The van der Waals surface area contributed by atoms with Crippen molar-refractivity contribution in [1.82, 2.24) is 24.6 Å². The Morgan fingerprint density at radius 3 is 3.00 bits per heavy atom. The lowest BCUT2D eigenvalue weighted by molar-refractivity contribution is 1.05. The zero-order chi connectivity index (χ0) is 11.0. The van der Waals surface area contributed by atoms with E-state index in [1.807, 2.05) is 23.5 Å². The molecule has 6 nitrogen and oxygen atoms in total. The van der Waals surface area contributed by atoms with Gasteiger partial charge in [0.05, 0.1) is 17.4 Å². The number of hydrogen-bond donors (Lipinski definition) is 2. The summed E-state index contributed by atoms with van der Waals surface area (Å²) in [6, 6.07) is 3.77. The maximum atomic E-state index is 4.26. The maximum absolute atomic E-state index is 4.26. The fourth-order valence-electron chi connectivity index (χ4n) is 1.60. The second-order valence-corrected chi connectivity index (χ2v) is 3.45. The molecule has 0 bridgehead atoms. The highest BCUT2D eigenvalue weighted by molar-refractivity contribution is 5.58. The molecular formula is C10H10N6. The van der Waals surface area contributed by atoms with E-state index in [1.54, 1.807) is 18.7 Å². The van der Waals surface area contributed by atoms with Gasteiger partial charge < -0.3 is 5.32 Å². The van der Waals surface area contributed by atoms with Crippen LogP contribution in [0.4, 0.5) is 11.8 Å². The lowest BCUT2D eigenvalue weighted by Gasteiger charge is -2.04. The summed E-state index contributed by atoms with van der Waals surface area (Å²) in [5.41, 5.74) is 2.02. The van der Waals surface area contributed by atoms with Crippen LogP contribution < -0.4 is 5.32 Å². The Kier molecular flexibility index (Phi) is 1.86. The van der Waals surface area contributed by atoms with Crippen molar-refractivity contribution in [2.45, 2.75) is 6.92 Å². The van der Waals surface area contributed by atoms with Crippen molar-refractivity contribution in [2.24, 2.45) is 0 Å². The molecule has 2 N–H and O–H groups in total. The van der Waals surface area contributed by atoms with Crippen molar-refractivity contribution in [2.75, 3.05) is 5.32 Å². The van der Waals surface area contributed by atoms with Crippen molar-refractivity contribution < 1.29 is 0 Å². The molecular weight excluding hydrogens is 204 g/mol. The van der Waals surface area contributed by atoms with Crippen molar-refractivity contribution in [3.8, 4) is 0 Å². The molecule has 0 spiro atoms. The molecule has 80 valence electrons. The number of nitrogens with zero attached hydrogens (tertiary/aromatic N) is 4. The van der Waals surface area contributed by atoms with Crippen LogP contribution in [-0.2, 0) is 0 Å². The third-order valence-electron chi connectivity index (χ3n) is 2.40. The van der Waals surface area contributed by atoms with Gasteiger partial charge in [-0.05, 0) is 13.0 Å². The van der Waals surface area contributed by atoms with E-state index in [2.05, 4.69) is 25.5 Å². The van der Waals surface area contributed by atoms with Gasteiger partial charge in [0.1, 0.15) is 12.1 Å². The highest BCUT2D eigenvalue weighted by atomic mass is 15.2. The van der Waals surface area contributed by atoms with Crippen molar-refractivity contribution in [1.29, 1.82) is 0 Å². The first-order valence-corrected chi connectivity index (χ1v) is 4.89. The summed E-state index contributed by atoms with van der Waals surface area (Å²) in [5.74, 6) is 1.51. The standard InChI is InChI=1S/C10H10N6/c1-7-8-2-4-11-10(16(8)6-12-7)14-9-3-5-13-15-9/h2-6H,1H3,(H2,11,13,14,15). The fourth-order valence-corrected chi connectivity index (χ4v) is 1.60. The minimum Gasteiger partial charge on any atom is -0.310 e. The predicted molar refractivity (Wildman–Crippen MR) is 59.6 cm³/mol. The number of aromatic nitrogens is 5. The Hall–Kier alpha value is -2.37. The zero-order valence-electron chi connectivity index (χ0n) is 8.68. The van der Waals surface area contributed by atoms with Crippen LogP contribution >= 0.6 is 0 Å². The number of aryl methyl sites for hydroxylation is 1. The predicted octanol–water partition coefficient (Wildman–Crippen LogP) is 1.50. The van der Waals surface area contributed by atoms with Gasteiger partial charge >= 0.3 is 0 Å². The largest absolute Gasteiger partial charge is 0.310 e. The summed E-state index contributed by atoms with van der Waals surface area (Å²) in [5, 5.41) is 9.82. The lowest BCUT2D eigenvalue weighted by atomic mass is 10.4. The number of hydrogen-bond acceptors (Lipinski definition) is 4. The number of fused-ring (bicyclic) bond motifs is 1. The molecule has 0 aliphatic carbocycles. The van der Waals surface area contributed by atoms with Gasteiger partial charge in [0.2, 0.25) is 5.95 Å². The van der Waals surface area contributed by atoms with E-state index in [4.69, 9.17) is 0 Å². The van der Waals surface area contributed by atoms with E-state index in [0.29, 0.717) is 5.95 Å². The van der Waals surface area contributed by atoms with Crippen LogP contribution in [0.5, 0.6) is 0 Å². The Morgan fingerprint density at radius 1 is 1.25 bits per heavy atom. The van der Waals surface area contributed by atoms with Gasteiger partial charge in [-0.1, -0.05) is 0 Å². The topological polar surface area (TPSA) is 70.9 Å². The summed E-state index contributed by atoms with van der Waals surface area (Å²) in [7, 11) is 0. The molecule has 6 heteroatoms. The monoisotopic (exact) mass is 214 g/mol. The lowest BCUT2D eigenvalue weighted by Crippen LogP contribution is -2.00. The number of imidazole rings is 1. The van der Waals surface area contributed by atoms with Crippen LogP contribution in [0.2, 0.25) is 0 Å². The molecule has 3 rings (SSSR count). The van der Waals surface area contributed by atoms with E-state index < -0.39 is 0 Å². The first kappa shape index (κ1) is 8.90. The molecule has 3 heterocycles. The molecule has 0 aliphatic rings. The van der Waals surface area contributed by atoms with Crippen molar-refractivity contribution in [3.05, 3.63) is 36.5 Å². The first-order valence-electron chi connectivity index (χ1n) is 4.89. The Labute approximate surface area is 91.4 Å². The Balaban J connectivity index is 2.10. The molecule has 0 unspecified atom stereocenters. The summed E-state index contributed by atoms with van der Waals surface area (Å²) in [6.07, 6.45) is 5.18. The average Bonchev–Trinajstić information content (AvgIpc) is 2.90. The summed E-state index contributed by atoms with van der Waals surface area (Å²) < 4.78 is 1.90. The molecule has 0 saturated carbocycles. The van der Waals surface area contributed by atoms with Crippen molar-refractivity contribution >= 4 is 17.3 Å². The maximum Gasteiger partial charge on any atom is 0.214 e. The van der Waals surface area contributed by atoms with Gasteiger partial charge in [0, 0.05) is 12.3 Å². The third-order valence-corrected chi connectivity index (χ3v) is 2.40. The molecule has 0 aliphatic heterocycles. The molecule has 0 fully saturated rings. The van der Waals surface area contributed by atoms with Gasteiger partial charge in [-0.25, -0.2) is 9.97 Å². The summed E-state index contributed by atoms with van der Waals surface area (Å²) in [6.45, 7) is 1.97. The molecule has 3 aromatic heterocycles. The second-order valence-electron chi connectivity index (χ2n) is 3.45. The van der Waals surface area contributed by atoms with Crippen molar-refractivity contribution in [3.63, 3.8) is 0 Å². The zero-order valence-corrected chi connectivity index (χ0v) is 8.68. The quantitative estimate of drug-likeness (QED) is 0.678. The molecule has 0 radical (unpaired) electrons. The smallest absolute Gasteiger partial charge is 0.214 e. The normalized spacial score (nSPS) is 10.8. The van der Waals surface area contributed by atoms with Crippen LogP contribution in [0.3, 0.4) is 0 Å². The number of nitrogens with one attached hydrogen (secondary N) is 2. The minimum atomic E-state index is 0.711.